The molecule has 0 fully saturated rings. The van der Waals surface area contributed by atoms with Gasteiger partial charge in [-0.1, -0.05) is 33.6 Å². The topological polar surface area (TPSA) is 36.7 Å². The zero-order valence-corrected chi connectivity index (χ0v) is 9.30. The number of hydrogen-bond donors (Lipinski definition) is 0. The Morgan fingerprint density at radius 2 is 2.21 bits per heavy atom. The van der Waals surface area contributed by atoms with Crippen molar-refractivity contribution in [1.29, 1.82) is 5.26 Å². The third-order valence-electron chi connectivity index (χ3n) is 1.89. The third kappa shape index (κ3) is 1.47. The predicted octanol–water partition coefficient (Wildman–Crippen LogP) is 3.52. The van der Waals surface area contributed by atoms with Gasteiger partial charge in [0.2, 0.25) is 0 Å². The lowest BCUT2D eigenvalue weighted by molar-refractivity contribution is 1.37. The largest absolute Gasteiger partial charge is 0.255 e. The summed E-state index contributed by atoms with van der Waals surface area (Å²) in [5, 5.41) is 10.0. The van der Waals surface area contributed by atoms with E-state index in [0.717, 1.165) is 15.4 Å². The van der Waals surface area contributed by atoms with Crippen molar-refractivity contribution in [1.82, 2.24) is 4.98 Å². The first-order valence-electron chi connectivity index (χ1n) is 3.86. The van der Waals surface area contributed by atoms with Crippen LogP contribution in [0, 0.1) is 11.3 Å². The number of fused-ring (bicyclic) bond motifs is 1. The van der Waals surface area contributed by atoms with Crippen LogP contribution < -0.4 is 0 Å². The number of halogens is 2. The number of aromatic nitrogens is 1. The highest BCUT2D eigenvalue weighted by atomic mass is 79.9. The van der Waals surface area contributed by atoms with E-state index in [1.54, 1.807) is 0 Å². The summed E-state index contributed by atoms with van der Waals surface area (Å²) >= 11 is 9.36. The Bertz CT molecular complexity index is 546. The molecule has 0 N–H and O–H groups in total. The lowest BCUT2D eigenvalue weighted by Crippen LogP contribution is -1.84. The fourth-order valence-corrected chi connectivity index (χ4v) is 1.81. The van der Waals surface area contributed by atoms with Crippen LogP contribution in [0.3, 0.4) is 0 Å². The van der Waals surface area contributed by atoms with Crippen LogP contribution >= 0.6 is 27.5 Å². The van der Waals surface area contributed by atoms with Gasteiger partial charge in [-0.05, 0) is 12.1 Å². The molecule has 2 rings (SSSR count). The minimum absolute atomic E-state index is 0.404. The average Bonchev–Trinajstić information content (AvgIpc) is 2.18. The third-order valence-corrected chi connectivity index (χ3v) is 2.79. The summed E-state index contributed by atoms with van der Waals surface area (Å²) in [7, 11) is 0. The SMILES string of the molecule is N#Cc1cnc2cc(Br)ccc2c1Cl. The molecule has 0 saturated carbocycles. The van der Waals surface area contributed by atoms with Crippen molar-refractivity contribution in [3.05, 3.63) is 39.5 Å². The quantitative estimate of drug-likeness (QED) is 0.732. The monoisotopic (exact) mass is 266 g/mol. The number of benzene rings is 1. The van der Waals surface area contributed by atoms with Crippen LogP contribution in [0.2, 0.25) is 5.02 Å². The van der Waals surface area contributed by atoms with Gasteiger partial charge in [-0.3, -0.25) is 4.98 Å². The molecule has 4 heteroatoms. The average molecular weight is 268 g/mol. The molecule has 1 aromatic heterocycles. The van der Waals surface area contributed by atoms with Gasteiger partial charge in [0.15, 0.2) is 0 Å². The van der Waals surface area contributed by atoms with Crippen LogP contribution in [0.1, 0.15) is 5.56 Å². The number of pyridine rings is 1. The Morgan fingerprint density at radius 3 is 2.93 bits per heavy atom. The zero-order valence-electron chi connectivity index (χ0n) is 6.96. The van der Waals surface area contributed by atoms with Crippen LogP contribution in [-0.4, -0.2) is 4.98 Å². The lowest BCUT2D eigenvalue weighted by Gasteiger charge is -2.01. The van der Waals surface area contributed by atoms with Gasteiger partial charge in [-0.15, -0.1) is 0 Å². The van der Waals surface area contributed by atoms with Crippen LogP contribution in [-0.2, 0) is 0 Å². The van der Waals surface area contributed by atoms with E-state index >= 15 is 0 Å². The van der Waals surface area contributed by atoms with E-state index in [-0.39, 0.29) is 0 Å². The molecule has 2 nitrogen and oxygen atoms in total. The van der Waals surface area contributed by atoms with Gasteiger partial charge < -0.3 is 0 Å². The van der Waals surface area contributed by atoms with Crippen LogP contribution in [0.15, 0.2) is 28.9 Å². The summed E-state index contributed by atoms with van der Waals surface area (Å²) < 4.78 is 0.943. The second kappa shape index (κ2) is 3.56. The van der Waals surface area contributed by atoms with Gasteiger partial charge in [-0.2, -0.15) is 5.26 Å². The molecule has 0 aliphatic rings. The predicted molar refractivity (Wildman–Crippen MR) is 59.2 cm³/mol. The normalized spacial score (nSPS) is 10.1. The molecule has 0 radical (unpaired) electrons. The van der Waals surface area contributed by atoms with Crippen molar-refractivity contribution in [3.8, 4) is 6.07 Å². The van der Waals surface area contributed by atoms with Gasteiger partial charge in [0.25, 0.3) is 0 Å². The summed E-state index contributed by atoms with van der Waals surface area (Å²) in [4.78, 5) is 4.14. The van der Waals surface area contributed by atoms with Crippen molar-refractivity contribution >= 4 is 38.4 Å². The molecule has 0 aliphatic heterocycles. The molecule has 14 heavy (non-hydrogen) atoms. The first-order chi connectivity index (χ1) is 6.72. The van der Waals surface area contributed by atoms with E-state index in [4.69, 9.17) is 16.9 Å². The van der Waals surface area contributed by atoms with E-state index in [9.17, 15) is 0 Å². The zero-order chi connectivity index (χ0) is 10.1. The first kappa shape index (κ1) is 9.45. The minimum Gasteiger partial charge on any atom is -0.255 e. The van der Waals surface area contributed by atoms with E-state index in [0.29, 0.717) is 10.6 Å². The second-order valence-electron chi connectivity index (χ2n) is 2.76. The van der Waals surface area contributed by atoms with Crippen molar-refractivity contribution in [2.45, 2.75) is 0 Å². The number of rotatable bonds is 0. The van der Waals surface area contributed by atoms with Gasteiger partial charge in [0.05, 0.1) is 16.1 Å². The van der Waals surface area contributed by atoms with E-state index in [2.05, 4.69) is 20.9 Å². The first-order valence-corrected chi connectivity index (χ1v) is 5.03. The van der Waals surface area contributed by atoms with Crippen molar-refractivity contribution in [3.63, 3.8) is 0 Å². The van der Waals surface area contributed by atoms with Crippen LogP contribution in [0.4, 0.5) is 0 Å². The van der Waals surface area contributed by atoms with Crippen molar-refractivity contribution in [2.75, 3.05) is 0 Å². The fourth-order valence-electron chi connectivity index (χ4n) is 1.21. The molecule has 0 amide bonds. The van der Waals surface area contributed by atoms with E-state index in [1.807, 2.05) is 24.3 Å². The molecule has 2 aromatic rings. The molecule has 0 saturated heterocycles. The molecule has 0 bridgehead atoms. The minimum atomic E-state index is 0.404. The smallest absolute Gasteiger partial charge is 0.102 e. The molecular weight excluding hydrogens is 263 g/mol. The lowest BCUT2D eigenvalue weighted by atomic mass is 10.2. The van der Waals surface area contributed by atoms with E-state index < -0.39 is 0 Å². The Balaban J connectivity index is 2.85. The molecule has 0 atom stereocenters. The van der Waals surface area contributed by atoms with Crippen molar-refractivity contribution < 1.29 is 0 Å². The summed E-state index contributed by atoms with van der Waals surface area (Å²) in [5.41, 5.74) is 1.19. The van der Waals surface area contributed by atoms with Crippen LogP contribution in [0.5, 0.6) is 0 Å². The number of nitrogens with zero attached hydrogens (tertiary/aromatic N) is 2. The maximum atomic E-state index is 8.75. The fraction of sp³-hybridized carbons (Fsp3) is 0. The van der Waals surface area contributed by atoms with Gasteiger partial charge in [0, 0.05) is 16.1 Å². The molecule has 0 spiro atoms. The molecule has 1 aromatic carbocycles. The molecular formula is C10H4BrClN2. The van der Waals surface area contributed by atoms with Gasteiger partial charge >= 0.3 is 0 Å². The highest BCUT2D eigenvalue weighted by Gasteiger charge is 2.05. The van der Waals surface area contributed by atoms with Crippen molar-refractivity contribution in [2.24, 2.45) is 0 Å². The van der Waals surface area contributed by atoms with E-state index in [1.165, 1.54) is 6.20 Å². The Labute approximate surface area is 94.3 Å². The number of hydrogen-bond acceptors (Lipinski definition) is 2. The summed E-state index contributed by atoms with van der Waals surface area (Å²) in [6, 6.07) is 7.57. The Morgan fingerprint density at radius 1 is 1.43 bits per heavy atom. The second-order valence-corrected chi connectivity index (χ2v) is 4.05. The highest BCUT2D eigenvalue weighted by molar-refractivity contribution is 9.10. The van der Waals surface area contributed by atoms with Crippen LogP contribution in [0.25, 0.3) is 10.9 Å². The summed E-state index contributed by atoms with van der Waals surface area (Å²) in [5.74, 6) is 0. The van der Waals surface area contributed by atoms with Gasteiger partial charge in [-0.25, -0.2) is 0 Å². The molecule has 0 unspecified atom stereocenters. The summed E-state index contributed by atoms with van der Waals surface area (Å²) in [6.45, 7) is 0. The maximum absolute atomic E-state index is 8.75. The summed E-state index contributed by atoms with van der Waals surface area (Å²) in [6.07, 6.45) is 1.48. The standard InChI is InChI=1S/C10H4BrClN2/c11-7-1-2-8-9(3-7)14-5-6(4-13)10(8)12/h1-3,5H. The molecule has 68 valence electrons. The Kier molecular flexibility index (Phi) is 2.40. The molecule has 1 heterocycles. The Hall–Kier alpha value is -1.11. The highest BCUT2D eigenvalue weighted by Crippen LogP contribution is 2.27. The molecule has 0 aliphatic carbocycles. The maximum Gasteiger partial charge on any atom is 0.102 e. The van der Waals surface area contributed by atoms with Gasteiger partial charge in [0.1, 0.15) is 6.07 Å². The number of nitriles is 1.